The summed E-state index contributed by atoms with van der Waals surface area (Å²) in [6, 6.07) is 4.18. The summed E-state index contributed by atoms with van der Waals surface area (Å²) in [4.78, 5) is 24.5. The molecule has 1 amide bonds. The fourth-order valence-corrected chi connectivity index (χ4v) is 2.30. The zero-order valence-electron chi connectivity index (χ0n) is 10.3. The maximum Gasteiger partial charge on any atom is 0.331 e. The minimum atomic E-state index is -1.16. The van der Waals surface area contributed by atoms with E-state index in [-0.39, 0.29) is 23.8 Å². The number of carbonyl (C=O) groups is 2. The number of carboxylic acid groups (broad SMARTS) is 1. The van der Waals surface area contributed by atoms with Crippen molar-refractivity contribution in [2.24, 2.45) is 5.92 Å². The van der Waals surface area contributed by atoms with Gasteiger partial charge in [-0.1, -0.05) is 18.2 Å². The third-order valence-electron chi connectivity index (χ3n) is 3.23. The molecule has 2 rings (SSSR count). The Hall–Kier alpha value is -2.17. The second-order valence-corrected chi connectivity index (χ2v) is 4.54. The molecule has 1 N–H and O–H groups in total. The molecule has 1 aromatic rings. The highest BCUT2D eigenvalue weighted by Crippen LogP contribution is 2.29. The number of likely N-dealkylation sites (tertiary alicyclic amines) is 1. The molecule has 2 atom stereocenters. The van der Waals surface area contributed by atoms with Crippen molar-refractivity contribution in [2.45, 2.75) is 12.5 Å². The normalized spacial score (nSPS) is 20.4. The zero-order chi connectivity index (χ0) is 14.0. The molecule has 4 nitrogen and oxygen atoms in total. The maximum atomic E-state index is 13.2. The van der Waals surface area contributed by atoms with Crippen LogP contribution < -0.4 is 0 Å². The van der Waals surface area contributed by atoms with Gasteiger partial charge in [0.05, 0.1) is 0 Å². The smallest absolute Gasteiger partial charge is 0.331 e. The lowest BCUT2D eigenvalue weighted by molar-refractivity contribution is -0.148. The van der Waals surface area contributed by atoms with E-state index in [2.05, 4.69) is 6.58 Å². The van der Waals surface area contributed by atoms with Crippen LogP contribution in [0, 0.1) is 11.7 Å². The second kappa shape index (κ2) is 5.22. The van der Waals surface area contributed by atoms with Crippen molar-refractivity contribution in [3.8, 4) is 0 Å². The van der Waals surface area contributed by atoms with Crippen molar-refractivity contribution in [1.29, 1.82) is 0 Å². The fourth-order valence-electron chi connectivity index (χ4n) is 2.30. The largest absolute Gasteiger partial charge is 0.479 e. The summed E-state index contributed by atoms with van der Waals surface area (Å²) in [7, 11) is 0. The van der Waals surface area contributed by atoms with Gasteiger partial charge in [-0.05, 0) is 17.7 Å². The van der Waals surface area contributed by atoms with Crippen LogP contribution in [-0.4, -0.2) is 28.4 Å². The van der Waals surface area contributed by atoms with E-state index in [0.717, 1.165) is 6.07 Å². The standard InChI is InChI=1S/C14H14FNO3/c1-2-9-6-12(17)16(8-9)13(14(18)19)10-4-3-5-11(15)7-10/h2-5,7,9,13H,1,6,8H2,(H,18,19). The molecular formula is C14H14FNO3. The van der Waals surface area contributed by atoms with Crippen LogP contribution in [-0.2, 0) is 9.59 Å². The van der Waals surface area contributed by atoms with E-state index < -0.39 is 17.8 Å². The van der Waals surface area contributed by atoms with Crippen LogP contribution in [0.3, 0.4) is 0 Å². The van der Waals surface area contributed by atoms with E-state index in [1.165, 1.54) is 23.1 Å². The van der Waals surface area contributed by atoms with Gasteiger partial charge in [-0.25, -0.2) is 9.18 Å². The molecule has 0 radical (unpaired) electrons. The minimum absolute atomic E-state index is 0.0529. The van der Waals surface area contributed by atoms with Crippen LogP contribution in [0.4, 0.5) is 4.39 Å². The Labute approximate surface area is 110 Å². The molecule has 1 saturated heterocycles. The molecule has 1 fully saturated rings. The van der Waals surface area contributed by atoms with Crippen molar-refractivity contribution >= 4 is 11.9 Å². The lowest BCUT2D eigenvalue weighted by atomic mass is 10.1. The van der Waals surface area contributed by atoms with Gasteiger partial charge in [0, 0.05) is 18.9 Å². The van der Waals surface area contributed by atoms with E-state index in [9.17, 15) is 19.1 Å². The van der Waals surface area contributed by atoms with Crippen molar-refractivity contribution in [2.75, 3.05) is 6.54 Å². The highest BCUT2D eigenvalue weighted by atomic mass is 19.1. The first kappa shape index (κ1) is 13.3. The molecule has 0 aliphatic carbocycles. The quantitative estimate of drug-likeness (QED) is 0.845. The molecule has 5 heteroatoms. The number of amides is 1. The molecule has 0 aromatic heterocycles. The number of carbonyl (C=O) groups excluding carboxylic acids is 1. The SMILES string of the molecule is C=CC1CC(=O)N(C(C(=O)O)c2cccc(F)c2)C1. The minimum Gasteiger partial charge on any atom is -0.479 e. The van der Waals surface area contributed by atoms with Crippen LogP contribution >= 0.6 is 0 Å². The van der Waals surface area contributed by atoms with E-state index in [1.54, 1.807) is 6.08 Å². The molecule has 0 spiro atoms. The van der Waals surface area contributed by atoms with Gasteiger partial charge in [0.25, 0.3) is 0 Å². The van der Waals surface area contributed by atoms with Gasteiger partial charge in [-0.15, -0.1) is 6.58 Å². The number of hydrogen-bond donors (Lipinski definition) is 1. The van der Waals surface area contributed by atoms with Crippen LogP contribution in [0.2, 0.25) is 0 Å². The first-order valence-electron chi connectivity index (χ1n) is 5.93. The molecule has 2 unspecified atom stereocenters. The molecule has 1 aliphatic rings. The summed E-state index contributed by atoms with van der Waals surface area (Å²) in [6.45, 7) is 3.92. The number of rotatable bonds is 4. The Morgan fingerprint density at radius 2 is 2.32 bits per heavy atom. The molecule has 0 bridgehead atoms. The summed E-state index contributed by atoms with van der Waals surface area (Å²) >= 11 is 0. The summed E-state index contributed by atoms with van der Waals surface area (Å²) in [5, 5.41) is 9.31. The van der Waals surface area contributed by atoms with E-state index in [0.29, 0.717) is 6.54 Å². The zero-order valence-corrected chi connectivity index (χ0v) is 10.3. The molecule has 0 saturated carbocycles. The van der Waals surface area contributed by atoms with Crippen molar-refractivity contribution < 1.29 is 19.1 Å². The second-order valence-electron chi connectivity index (χ2n) is 4.54. The van der Waals surface area contributed by atoms with Crippen molar-refractivity contribution in [3.05, 3.63) is 48.3 Å². The number of carboxylic acids is 1. The first-order valence-corrected chi connectivity index (χ1v) is 5.93. The number of hydrogen-bond acceptors (Lipinski definition) is 2. The Morgan fingerprint density at radius 3 is 2.84 bits per heavy atom. The van der Waals surface area contributed by atoms with Gasteiger partial charge in [-0.2, -0.15) is 0 Å². The Bertz CT molecular complexity index is 529. The Balaban J connectivity index is 2.34. The number of halogens is 1. The van der Waals surface area contributed by atoms with Crippen molar-refractivity contribution in [3.63, 3.8) is 0 Å². The maximum absolute atomic E-state index is 13.2. The average molecular weight is 263 g/mol. The molecule has 1 heterocycles. The summed E-state index contributed by atoms with van der Waals surface area (Å²) in [5.41, 5.74) is 0.269. The van der Waals surface area contributed by atoms with E-state index in [4.69, 9.17) is 0 Å². The summed E-state index contributed by atoms with van der Waals surface area (Å²) < 4.78 is 13.2. The summed E-state index contributed by atoms with van der Waals surface area (Å²) in [6.07, 6.45) is 1.89. The van der Waals surface area contributed by atoms with Gasteiger partial charge in [-0.3, -0.25) is 4.79 Å². The van der Waals surface area contributed by atoms with Crippen LogP contribution in [0.25, 0.3) is 0 Å². The third kappa shape index (κ3) is 2.65. The highest BCUT2D eigenvalue weighted by Gasteiger charge is 2.37. The van der Waals surface area contributed by atoms with E-state index >= 15 is 0 Å². The summed E-state index contributed by atoms with van der Waals surface area (Å²) in [5.74, 6) is -1.98. The van der Waals surface area contributed by atoms with Gasteiger partial charge >= 0.3 is 5.97 Å². The predicted molar refractivity (Wildman–Crippen MR) is 66.8 cm³/mol. The molecule has 1 aromatic carbocycles. The van der Waals surface area contributed by atoms with Gasteiger partial charge < -0.3 is 10.0 Å². The molecule has 19 heavy (non-hydrogen) atoms. The first-order chi connectivity index (χ1) is 9.02. The third-order valence-corrected chi connectivity index (χ3v) is 3.23. The highest BCUT2D eigenvalue weighted by molar-refractivity contribution is 5.86. The fraction of sp³-hybridized carbons (Fsp3) is 0.286. The number of nitrogens with zero attached hydrogens (tertiary/aromatic N) is 1. The van der Waals surface area contributed by atoms with Gasteiger partial charge in [0.2, 0.25) is 5.91 Å². The van der Waals surface area contributed by atoms with Crippen LogP contribution in [0.5, 0.6) is 0 Å². The predicted octanol–water partition coefficient (Wildman–Crippen LogP) is 1.99. The van der Waals surface area contributed by atoms with E-state index in [1.807, 2.05) is 0 Å². The molecule has 1 aliphatic heterocycles. The topological polar surface area (TPSA) is 57.6 Å². The Kier molecular flexibility index (Phi) is 3.64. The number of aliphatic carboxylic acids is 1. The lowest BCUT2D eigenvalue weighted by Crippen LogP contribution is -2.35. The molecular weight excluding hydrogens is 249 g/mol. The monoisotopic (exact) mass is 263 g/mol. The van der Waals surface area contributed by atoms with Gasteiger partial charge in [0.1, 0.15) is 5.82 Å². The van der Waals surface area contributed by atoms with Crippen LogP contribution in [0.1, 0.15) is 18.0 Å². The van der Waals surface area contributed by atoms with Crippen molar-refractivity contribution in [1.82, 2.24) is 4.90 Å². The van der Waals surface area contributed by atoms with Gasteiger partial charge in [0.15, 0.2) is 6.04 Å². The molecule has 100 valence electrons. The number of benzene rings is 1. The average Bonchev–Trinajstić information content (AvgIpc) is 2.71. The lowest BCUT2D eigenvalue weighted by Gasteiger charge is -2.24. The van der Waals surface area contributed by atoms with Crippen LogP contribution in [0.15, 0.2) is 36.9 Å². The Morgan fingerprint density at radius 1 is 1.58 bits per heavy atom.